The Morgan fingerprint density at radius 3 is 2.66 bits per heavy atom. The predicted molar refractivity (Wildman–Crippen MR) is 143 cm³/mol. The molecule has 0 unspecified atom stereocenters. The maximum Gasteiger partial charge on any atom is 0.315 e. The number of benzene rings is 3. The molecule has 5 aromatic rings. The Balaban J connectivity index is 1.40. The summed E-state index contributed by atoms with van der Waals surface area (Å²) in [6, 6.07) is 16.6. The summed E-state index contributed by atoms with van der Waals surface area (Å²) in [4.78, 5) is 20.7. The Kier molecular flexibility index (Phi) is 7.11. The first-order chi connectivity index (χ1) is 18.3. The minimum atomic E-state index is -0.722. The van der Waals surface area contributed by atoms with Gasteiger partial charge in [-0.3, -0.25) is 5.10 Å². The fourth-order valence-electron chi connectivity index (χ4n) is 4.34. The number of aromatic nitrogens is 4. The summed E-state index contributed by atoms with van der Waals surface area (Å²) in [7, 11) is 0. The highest BCUT2D eigenvalue weighted by atomic mass is 35.5. The second-order valence-electron chi connectivity index (χ2n) is 9.09. The molecule has 0 fully saturated rings. The highest BCUT2D eigenvalue weighted by Crippen LogP contribution is 2.31. The van der Waals surface area contributed by atoms with Crippen LogP contribution in [0.25, 0.3) is 22.2 Å². The molecule has 0 spiro atoms. The van der Waals surface area contributed by atoms with E-state index in [1.807, 2.05) is 55.5 Å². The van der Waals surface area contributed by atoms with Crippen molar-refractivity contribution in [1.29, 1.82) is 0 Å². The average molecular weight is 535 g/mol. The number of rotatable bonds is 7. The predicted octanol–water partition coefficient (Wildman–Crippen LogP) is 6.28. The first-order valence-electron chi connectivity index (χ1n) is 12.0. The molecular weight excluding hydrogens is 510 g/mol. The van der Waals surface area contributed by atoms with Crippen molar-refractivity contribution in [3.05, 3.63) is 106 Å². The van der Waals surface area contributed by atoms with Crippen LogP contribution in [0.2, 0.25) is 5.15 Å². The third-order valence-electron chi connectivity index (χ3n) is 6.42. The van der Waals surface area contributed by atoms with E-state index in [4.69, 9.17) is 16.6 Å². The Hall–Kier alpha value is -4.24. The van der Waals surface area contributed by atoms with Gasteiger partial charge in [-0.25, -0.2) is 18.6 Å². The normalized spacial score (nSPS) is 12.0. The van der Waals surface area contributed by atoms with Gasteiger partial charge in [0.1, 0.15) is 28.3 Å². The molecular formula is C28H25ClF2N6O. The molecule has 7 nitrogen and oxygen atoms in total. The molecule has 2 heterocycles. The van der Waals surface area contributed by atoms with Crippen molar-refractivity contribution in [3.63, 3.8) is 0 Å². The van der Waals surface area contributed by atoms with E-state index in [1.54, 1.807) is 0 Å². The van der Waals surface area contributed by atoms with Gasteiger partial charge in [0.05, 0.1) is 18.1 Å². The lowest BCUT2D eigenvalue weighted by Gasteiger charge is -2.18. The lowest BCUT2D eigenvalue weighted by Crippen LogP contribution is -2.39. The second kappa shape index (κ2) is 10.6. The second-order valence-corrected chi connectivity index (χ2v) is 9.47. The van der Waals surface area contributed by atoms with Crippen molar-refractivity contribution in [2.45, 2.75) is 32.9 Å². The van der Waals surface area contributed by atoms with E-state index < -0.39 is 23.7 Å². The maximum absolute atomic E-state index is 14.4. The van der Waals surface area contributed by atoms with Gasteiger partial charge >= 0.3 is 6.03 Å². The highest BCUT2D eigenvalue weighted by Gasteiger charge is 2.22. The van der Waals surface area contributed by atoms with Crippen LogP contribution in [0.1, 0.15) is 34.3 Å². The zero-order valence-electron chi connectivity index (χ0n) is 20.7. The summed E-state index contributed by atoms with van der Waals surface area (Å²) < 4.78 is 28.5. The van der Waals surface area contributed by atoms with E-state index in [2.05, 4.69) is 25.8 Å². The molecule has 1 atom stereocenters. The molecule has 38 heavy (non-hydrogen) atoms. The van der Waals surface area contributed by atoms with E-state index in [0.29, 0.717) is 28.7 Å². The van der Waals surface area contributed by atoms with E-state index in [-0.39, 0.29) is 12.1 Å². The quantitative estimate of drug-likeness (QED) is 0.198. The number of amides is 2. The summed E-state index contributed by atoms with van der Waals surface area (Å²) >= 11 is 6.55. The molecule has 3 aromatic carbocycles. The van der Waals surface area contributed by atoms with Crippen LogP contribution in [0, 0.1) is 25.5 Å². The number of aryl methyl sites for hydroxylation is 2. The number of imidazole rings is 1. The molecule has 194 valence electrons. The lowest BCUT2D eigenvalue weighted by atomic mass is 10.1. The SMILES string of the molecule is Cc1ccc(F)c(CNC(=O)N[C@@H](Cc2ccccc2)c2nc(-c3ccc4c(C)[nH]nc4c3)c(Cl)[nH]2)c1F. The molecule has 0 saturated carbocycles. The summed E-state index contributed by atoms with van der Waals surface area (Å²) in [5.41, 5.74) is 4.09. The van der Waals surface area contributed by atoms with Gasteiger partial charge in [0.2, 0.25) is 0 Å². The van der Waals surface area contributed by atoms with Crippen molar-refractivity contribution in [2.75, 3.05) is 0 Å². The van der Waals surface area contributed by atoms with Gasteiger partial charge < -0.3 is 15.6 Å². The van der Waals surface area contributed by atoms with Crippen molar-refractivity contribution in [2.24, 2.45) is 0 Å². The molecule has 0 aliphatic rings. The number of carbonyl (C=O) groups excluding carboxylic acids is 1. The summed E-state index contributed by atoms with van der Waals surface area (Å²) in [6.07, 6.45) is 0.405. The third kappa shape index (κ3) is 5.24. The van der Waals surface area contributed by atoms with Crippen LogP contribution in [0.5, 0.6) is 0 Å². The number of aromatic amines is 2. The van der Waals surface area contributed by atoms with E-state index >= 15 is 0 Å². The molecule has 2 amide bonds. The van der Waals surface area contributed by atoms with Crippen molar-refractivity contribution in [1.82, 2.24) is 30.8 Å². The van der Waals surface area contributed by atoms with Gasteiger partial charge in [0.15, 0.2) is 0 Å². The lowest BCUT2D eigenvalue weighted by molar-refractivity contribution is 0.236. The zero-order chi connectivity index (χ0) is 26.8. The van der Waals surface area contributed by atoms with Crippen molar-refractivity contribution < 1.29 is 13.6 Å². The number of hydrogen-bond acceptors (Lipinski definition) is 3. The maximum atomic E-state index is 14.4. The van der Waals surface area contributed by atoms with Crippen LogP contribution in [-0.4, -0.2) is 26.2 Å². The molecule has 10 heteroatoms. The number of halogens is 3. The van der Waals surface area contributed by atoms with E-state index in [0.717, 1.165) is 27.7 Å². The molecule has 0 bridgehead atoms. The number of fused-ring (bicyclic) bond motifs is 1. The third-order valence-corrected chi connectivity index (χ3v) is 6.69. The average Bonchev–Trinajstić information content (AvgIpc) is 3.48. The van der Waals surface area contributed by atoms with Crippen molar-refractivity contribution >= 4 is 28.5 Å². The largest absolute Gasteiger partial charge is 0.334 e. The number of urea groups is 1. The number of nitrogens with one attached hydrogen (secondary N) is 4. The molecule has 0 radical (unpaired) electrons. The Bertz CT molecular complexity index is 1610. The molecule has 5 rings (SSSR count). The topological polar surface area (TPSA) is 98.5 Å². The molecule has 0 saturated heterocycles. The van der Waals surface area contributed by atoms with Gasteiger partial charge in [0, 0.05) is 22.2 Å². The van der Waals surface area contributed by atoms with E-state index in [1.165, 1.54) is 19.1 Å². The zero-order valence-corrected chi connectivity index (χ0v) is 21.5. The monoisotopic (exact) mass is 534 g/mol. The number of carbonyl (C=O) groups is 1. The number of hydrogen-bond donors (Lipinski definition) is 4. The molecule has 0 aliphatic carbocycles. The molecule has 0 aliphatic heterocycles. The summed E-state index contributed by atoms with van der Waals surface area (Å²) in [6.45, 7) is 3.18. The Morgan fingerprint density at radius 1 is 1.08 bits per heavy atom. The smallest absolute Gasteiger partial charge is 0.315 e. The van der Waals surface area contributed by atoms with Gasteiger partial charge in [-0.05, 0) is 43.5 Å². The number of nitrogens with zero attached hydrogens (tertiary/aromatic N) is 2. The minimum absolute atomic E-state index is 0.202. The summed E-state index contributed by atoms with van der Waals surface area (Å²) in [5, 5.41) is 14.0. The summed E-state index contributed by atoms with van der Waals surface area (Å²) in [5.74, 6) is -0.964. The van der Waals surface area contributed by atoms with Crippen LogP contribution < -0.4 is 10.6 Å². The molecule has 2 aromatic heterocycles. The highest BCUT2D eigenvalue weighted by molar-refractivity contribution is 6.32. The van der Waals surface area contributed by atoms with Gasteiger partial charge in [-0.2, -0.15) is 5.10 Å². The first kappa shape index (κ1) is 25.4. The van der Waals surface area contributed by atoms with E-state index in [9.17, 15) is 13.6 Å². The Morgan fingerprint density at radius 2 is 1.87 bits per heavy atom. The number of H-pyrrole nitrogens is 2. The van der Waals surface area contributed by atoms with Crippen LogP contribution in [0.4, 0.5) is 13.6 Å². The molecule has 4 N–H and O–H groups in total. The standard InChI is InChI=1S/C28H25ClF2N6O/c1-15-8-11-21(30)20(24(15)31)14-32-28(38)33-23(12-17-6-4-3-5-7-17)27-34-25(26(29)35-27)18-9-10-19-16(2)36-37-22(19)13-18/h3-11,13,23H,12,14H2,1-2H3,(H,34,35)(H,36,37)(H2,32,33,38)/t23-/m0/s1. The van der Waals surface area contributed by atoms with Crippen LogP contribution in [0.3, 0.4) is 0 Å². The fraction of sp³-hybridized carbons (Fsp3) is 0.179. The van der Waals surface area contributed by atoms with Crippen LogP contribution in [0.15, 0.2) is 60.7 Å². The van der Waals surface area contributed by atoms with Crippen LogP contribution in [-0.2, 0) is 13.0 Å². The van der Waals surface area contributed by atoms with Gasteiger partial charge in [0.25, 0.3) is 0 Å². The van der Waals surface area contributed by atoms with Crippen LogP contribution >= 0.6 is 11.6 Å². The van der Waals surface area contributed by atoms with Gasteiger partial charge in [-0.1, -0.05) is 60.1 Å². The first-order valence-corrected chi connectivity index (χ1v) is 12.4. The minimum Gasteiger partial charge on any atom is -0.334 e. The fourth-order valence-corrected chi connectivity index (χ4v) is 4.59. The van der Waals surface area contributed by atoms with Gasteiger partial charge in [-0.15, -0.1) is 0 Å². The Labute approximate surface area is 222 Å². The van der Waals surface area contributed by atoms with Crippen molar-refractivity contribution in [3.8, 4) is 11.3 Å².